The molecule has 1 aliphatic heterocycles. The Balaban J connectivity index is 0.000000278. The summed E-state index contributed by atoms with van der Waals surface area (Å²) in [5.74, 6) is -3.56. The lowest BCUT2D eigenvalue weighted by Gasteiger charge is -2.35. The first-order chi connectivity index (χ1) is 28.4. The number of carbonyl (C=O) groups excluding carboxylic acids is 4. The highest BCUT2D eigenvalue weighted by Gasteiger charge is 2.52. The van der Waals surface area contributed by atoms with E-state index in [1.807, 2.05) is 88.3 Å². The lowest BCUT2D eigenvalue weighted by atomic mass is 9.78. The predicted octanol–water partition coefficient (Wildman–Crippen LogP) is 6.04. The van der Waals surface area contributed by atoms with E-state index in [2.05, 4.69) is 10.9 Å². The normalized spacial score (nSPS) is 14.3. The van der Waals surface area contributed by atoms with E-state index in [0.29, 0.717) is 11.1 Å². The smallest absolute Gasteiger partial charge is 0.423 e. The Hall–Kier alpha value is -5.41. The zero-order valence-electron chi connectivity index (χ0n) is 38.1. The molecule has 0 unspecified atom stereocenters. The third kappa shape index (κ3) is 11.7. The predicted molar refractivity (Wildman–Crippen MR) is 237 cm³/mol. The van der Waals surface area contributed by atoms with Gasteiger partial charge in [-0.1, -0.05) is 46.5 Å². The molecule has 1 heterocycles. The van der Waals surface area contributed by atoms with Crippen molar-refractivity contribution in [2.24, 2.45) is 0 Å². The van der Waals surface area contributed by atoms with Crippen LogP contribution >= 0.6 is 0 Å². The average molecular weight is 855 g/mol. The quantitative estimate of drug-likeness (QED) is 0.135. The molecule has 4 aromatic carbocycles. The third-order valence-corrected chi connectivity index (χ3v) is 10.4. The summed E-state index contributed by atoms with van der Waals surface area (Å²) in [6, 6.07) is 18.3. The lowest BCUT2D eigenvalue weighted by Crippen LogP contribution is -2.56. The van der Waals surface area contributed by atoms with E-state index >= 15 is 4.39 Å². The second kappa shape index (κ2) is 18.5. The number of hydrogen-bond donors (Lipinski definition) is 4. The molecule has 1 aliphatic rings. The fourth-order valence-corrected chi connectivity index (χ4v) is 6.54. The number of nitrogens with one attached hydrogen (secondary N) is 2. The number of hydrazine groups is 2. The molecule has 4 aromatic rings. The maximum absolute atomic E-state index is 15.0. The van der Waals surface area contributed by atoms with Crippen molar-refractivity contribution in [3.8, 4) is 0 Å². The van der Waals surface area contributed by atoms with Crippen molar-refractivity contribution in [3.63, 3.8) is 0 Å². The number of amides is 4. The van der Waals surface area contributed by atoms with Gasteiger partial charge in [-0.15, -0.1) is 0 Å². The molecular formula is C46H58B2F2N4O8. The van der Waals surface area contributed by atoms with Crippen LogP contribution in [0, 0.1) is 39.3 Å². The van der Waals surface area contributed by atoms with Gasteiger partial charge < -0.3 is 19.4 Å². The summed E-state index contributed by atoms with van der Waals surface area (Å²) in [6.45, 7) is 25.9. The Labute approximate surface area is 364 Å². The maximum atomic E-state index is 15.0. The van der Waals surface area contributed by atoms with Gasteiger partial charge in [0.2, 0.25) is 0 Å². The molecule has 0 radical (unpaired) electrons. The fraction of sp³-hybridized carbons (Fsp3) is 0.391. The highest BCUT2D eigenvalue weighted by molar-refractivity contribution is 6.62. The molecule has 5 rings (SSSR count). The summed E-state index contributed by atoms with van der Waals surface area (Å²) in [7, 11) is -2.85. The molecule has 0 bridgehead atoms. The summed E-state index contributed by atoms with van der Waals surface area (Å²) in [4.78, 5) is 52.0. The Morgan fingerprint density at radius 3 is 1.26 bits per heavy atom. The van der Waals surface area contributed by atoms with Crippen molar-refractivity contribution in [1.82, 2.24) is 20.9 Å². The van der Waals surface area contributed by atoms with E-state index < -0.39 is 65.9 Å². The molecule has 16 heteroatoms. The monoisotopic (exact) mass is 854 g/mol. The molecule has 0 atom stereocenters. The molecule has 1 saturated heterocycles. The Morgan fingerprint density at radius 2 is 0.935 bits per heavy atom. The minimum absolute atomic E-state index is 0.0515. The van der Waals surface area contributed by atoms with Gasteiger partial charge in [-0.25, -0.2) is 18.8 Å². The minimum Gasteiger partial charge on any atom is -0.423 e. The maximum Gasteiger partial charge on any atom is 0.497 e. The van der Waals surface area contributed by atoms with Crippen LogP contribution in [0.4, 0.5) is 8.78 Å². The van der Waals surface area contributed by atoms with Crippen molar-refractivity contribution < 1.29 is 47.3 Å². The van der Waals surface area contributed by atoms with Crippen molar-refractivity contribution in [3.05, 3.63) is 129 Å². The lowest BCUT2D eigenvalue weighted by molar-refractivity contribution is 0.00578. The molecule has 4 N–H and O–H groups in total. The molecule has 1 fully saturated rings. The van der Waals surface area contributed by atoms with Crippen LogP contribution in [0.2, 0.25) is 0 Å². The van der Waals surface area contributed by atoms with Crippen LogP contribution < -0.4 is 21.8 Å². The van der Waals surface area contributed by atoms with Gasteiger partial charge in [0.05, 0.1) is 22.3 Å². The summed E-state index contributed by atoms with van der Waals surface area (Å²) in [5, 5.41) is 20.7. The fourth-order valence-electron chi connectivity index (χ4n) is 6.54. The topological polar surface area (TPSA) is 158 Å². The summed E-state index contributed by atoms with van der Waals surface area (Å²) in [5.41, 5.74) is 7.07. The van der Waals surface area contributed by atoms with Gasteiger partial charge in [0.15, 0.2) is 0 Å². The van der Waals surface area contributed by atoms with E-state index in [1.54, 1.807) is 45.0 Å². The molecule has 0 aromatic heterocycles. The van der Waals surface area contributed by atoms with Crippen LogP contribution in [0.25, 0.3) is 0 Å². The first kappa shape index (κ1) is 49.2. The number of aryl methyl sites for hydroxylation is 4. The van der Waals surface area contributed by atoms with E-state index in [4.69, 9.17) is 19.4 Å². The summed E-state index contributed by atoms with van der Waals surface area (Å²) < 4.78 is 40.8. The second-order valence-corrected chi connectivity index (χ2v) is 18.7. The molecule has 4 amide bonds. The van der Waals surface area contributed by atoms with Gasteiger partial charge in [-0.05, 0) is 145 Å². The van der Waals surface area contributed by atoms with Crippen LogP contribution in [-0.4, -0.2) is 80.2 Å². The standard InChI is InChI=1S/C26H34BFN2O4.C20H24BFN2O4/c1-16-12-17(2)14-19(13-16)23(32)30(24(3,4)5)29-22(31)18-10-11-20(21(28)15-18)27-33-25(6,7)26(8,9)34-27;1-12-8-13(2)10-15(9-12)19(26)24(20(3,4)5)23-18(25)14-6-7-16(21(27)28)17(22)11-14/h10-15H,1-9H3,(H,29,31);6-11,27-28H,1-5H3,(H,23,25). The number of benzene rings is 4. The summed E-state index contributed by atoms with van der Waals surface area (Å²) >= 11 is 0. The van der Waals surface area contributed by atoms with Gasteiger partial charge in [-0.2, -0.15) is 0 Å². The SMILES string of the molecule is Cc1cc(C)cc(C(=O)N(NC(=O)c2ccc(B(O)O)c(F)c2)C(C)(C)C)c1.Cc1cc(C)cc(C(=O)N(NC(=O)c2ccc(B3OC(C)(C)C(C)(C)O3)c(F)c2)C(C)(C)C)c1. The van der Waals surface area contributed by atoms with Crippen molar-refractivity contribution >= 4 is 48.8 Å². The van der Waals surface area contributed by atoms with Gasteiger partial charge in [0.25, 0.3) is 23.6 Å². The molecular weight excluding hydrogens is 796 g/mol. The van der Waals surface area contributed by atoms with E-state index in [9.17, 15) is 23.6 Å². The third-order valence-electron chi connectivity index (χ3n) is 10.4. The van der Waals surface area contributed by atoms with Crippen LogP contribution in [0.15, 0.2) is 72.8 Å². The molecule has 0 saturated carbocycles. The van der Waals surface area contributed by atoms with Crippen molar-refractivity contribution in [1.29, 1.82) is 0 Å². The van der Waals surface area contributed by atoms with Crippen LogP contribution in [0.1, 0.15) is 133 Å². The van der Waals surface area contributed by atoms with Crippen LogP contribution in [-0.2, 0) is 9.31 Å². The zero-order valence-corrected chi connectivity index (χ0v) is 38.1. The number of carbonyl (C=O) groups is 4. The molecule has 0 spiro atoms. The van der Waals surface area contributed by atoms with Gasteiger partial charge >= 0.3 is 14.2 Å². The van der Waals surface area contributed by atoms with E-state index in [-0.39, 0.29) is 28.0 Å². The van der Waals surface area contributed by atoms with E-state index in [1.165, 1.54) is 28.2 Å². The number of halogens is 2. The Bertz CT molecular complexity index is 2300. The van der Waals surface area contributed by atoms with Gasteiger partial charge in [0, 0.05) is 33.2 Å². The average Bonchev–Trinajstić information content (AvgIpc) is 3.35. The number of hydrogen-bond acceptors (Lipinski definition) is 8. The molecule has 0 aliphatic carbocycles. The first-order valence-corrected chi connectivity index (χ1v) is 20.2. The van der Waals surface area contributed by atoms with Crippen LogP contribution in [0.5, 0.6) is 0 Å². The Morgan fingerprint density at radius 1 is 0.581 bits per heavy atom. The van der Waals surface area contributed by atoms with Crippen molar-refractivity contribution in [2.75, 3.05) is 0 Å². The number of nitrogens with zero attached hydrogens (tertiary/aromatic N) is 2. The second-order valence-electron chi connectivity index (χ2n) is 18.7. The highest BCUT2D eigenvalue weighted by Crippen LogP contribution is 2.36. The zero-order chi connectivity index (χ0) is 46.9. The van der Waals surface area contributed by atoms with E-state index in [0.717, 1.165) is 40.5 Å². The Kier molecular flexibility index (Phi) is 14.7. The molecule has 12 nitrogen and oxygen atoms in total. The minimum atomic E-state index is -1.98. The first-order valence-electron chi connectivity index (χ1n) is 20.2. The van der Waals surface area contributed by atoms with Gasteiger partial charge in [-0.3, -0.25) is 30.0 Å². The summed E-state index contributed by atoms with van der Waals surface area (Å²) in [6.07, 6.45) is 0. The molecule has 62 heavy (non-hydrogen) atoms. The van der Waals surface area contributed by atoms with Gasteiger partial charge in [0.1, 0.15) is 11.6 Å². The number of rotatable bonds is 6. The largest absolute Gasteiger partial charge is 0.497 e. The van der Waals surface area contributed by atoms with Crippen LogP contribution in [0.3, 0.4) is 0 Å². The molecule has 330 valence electrons. The van der Waals surface area contributed by atoms with Crippen molar-refractivity contribution in [2.45, 2.75) is 119 Å². The highest BCUT2D eigenvalue weighted by atomic mass is 19.1.